The molecule has 0 saturated heterocycles. The molecule has 13 heteroatoms. The number of carbonyl (C=O) groups excluding carboxylic acids is 2. The lowest BCUT2D eigenvalue weighted by Crippen LogP contribution is -2.21. The van der Waals surface area contributed by atoms with Crippen molar-refractivity contribution in [2.75, 3.05) is 23.1 Å². The molecule has 0 aliphatic heterocycles. The van der Waals surface area contributed by atoms with Crippen LogP contribution < -0.4 is 20.7 Å². The number of ether oxygens (including phenoxy) is 1. The van der Waals surface area contributed by atoms with E-state index >= 15 is 0 Å². The molecule has 0 spiro atoms. The van der Waals surface area contributed by atoms with Crippen LogP contribution in [0.1, 0.15) is 16.1 Å². The second kappa shape index (κ2) is 10.1. The lowest BCUT2D eigenvalue weighted by atomic mass is 10.2. The fourth-order valence-corrected chi connectivity index (χ4v) is 3.18. The number of anilines is 3. The Morgan fingerprint density at radius 3 is 2.17 bits per heavy atom. The van der Waals surface area contributed by atoms with Crippen molar-refractivity contribution in [2.45, 2.75) is 6.18 Å². The maximum atomic E-state index is 13.9. The maximum absolute atomic E-state index is 13.9. The first-order chi connectivity index (χ1) is 17.2. The molecule has 0 aliphatic rings. The largest absolute Gasteiger partial charge is 0.480 e. The van der Waals surface area contributed by atoms with Gasteiger partial charge < -0.3 is 20.7 Å². The molecule has 0 atom stereocenters. The van der Waals surface area contributed by atoms with Crippen molar-refractivity contribution in [2.24, 2.45) is 0 Å². The minimum Gasteiger partial charge on any atom is -0.480 e. The van der Waals surface area contributed by atoms with Crippen molar-refractivity contribution in [1.82, 2.24) is 20.0 Å². The van der Waals surface area contributed by atoms with Gasteiger partial charge in [-0.1, -0.05) is 24.3 Å². The molecule has 10 nitrogen and oxygen atoms in total. The molecule has 3 N–H and O–H groups in total. The zero-order valence-corrected chi connectivity index (χ0v) is 18.6. The van der Waals surface area contributed by atoms with Crippen LogP contribution in [0.3, 0.4) is 0 Å². The summed E-state index contributed by atoms with van der Waals surface area (Å²) in [5.74, 6) is -1.21. The molecule has 0 radical (unpaired) electrons. The number of amides is 3. The summed E-state index contributed by atoms with van der Waals surface area (Å²) in [4.78, 5) is 25.0. The molecule has 4 aromatic rings. The summed E-state index contributed by atoms with van der Waals surface area (Å²) in [6.45, 7) is 0. The number of nitrogens with zero attached hydrogens (tertiary/aromatic N) is 4. The lowest BCUT2D eigenvalue weighted by Gasteiger charge is -2.13. The maximum Gasteiger partial charge on any atom is 0.434 e. The summed E-state index contributed by atoms with van der Waals surface area (Å²) in [6, 6.07) is 16.7. The zero-order chi connectivity index (χ0) is 25.7. The molecule has 2 heterocycles. The first-order valence-corrected chi connectivity index (χ1v) is 10.3. The highest BCUT2D eigenvalue weighted by atomic mass is 19.4. The average molecular weight is 497 g/mol. The lowest BCUT2D eigenvalue weighted by molar-refractivity contribution is -0.143. The number of nitrogens with one attached hydrogen (secondary N) is 3. The standard InChI is InChI=1S/C23H18F3N7O3/c1-36-19-11-10-18(31-32-19)33-20(23(24,25)26)17(13-27-33)21(34)28-15-8-5-9-16(12-15)30-22(35)29-14-6-3-2-4-7-14/h2-13H,1H3,(H,28,34)(H2,29,30,35). The average Bonchev–Trinajstić information content (AvgIpc) is 3.31. The smallest absolute Gasteiger partial charge is 0.434 e. The molecule has 2 aromatic carbocycles. The van der Waals surface area contributed by atoms with Crippen LogP contribution in [0.25, 0.3) is 5.82 Å². The van der Waals surface area contributed by atoms with Crippen molar-refractivity contribution >= 4 is 29.0 Å². The van der Waals surface area contributed by atoms with Crippen LogP contribution in [-0.2, 0) is 6.18 Å². The van der Waals surface area contributed by atoms with Crippen LogP contribution in [-0.4, -0.2) is 39.0 Å². The number of carbonyl (C=O) groups is 2. The number of benzene rings is 2. The third kappa shape index (κ3) is 5.58. The Labute approximate surface area is 202 Å². The summed E-state index contributed by atoms with van der Waals surface area (Å²) in [7, 11) is 1.33. The van der Waals surface area contributed by atoms with Crippen LogP contribution in [0, 0.1) is 0 Å². The fourth-order valence-electron chi connectivity index (χ4n) is 3.18. The normalized spacial score (nSPS) is 11.0. The number of hydrogen-bond acceptors (Lipinski definition) is 6. The van der Waals surface area contributed by atoms with Gasteiger partial charge in [0, 0.05) is 23.1 Å². The third-order valence-electron chi connectivity index (χ3n) is 4.74. The van der Waals surface area contributed by atoms with Crippen LogP contribution in [0.4, 0.5) is 35.0 Å². The summed E-state index contributed by atoms with van der Waals surface area (Å²) in [6.07, 6.45) is -4.14. The summed E-state index contributed by atoms with van der Waals surface area (Å²) in [5, 5.41) is 18.6. The molecule has 0 fully saturated rings. The molecule has 3 amide bonds. The third-order valence-corrected chi connectivity index (χ3v) is 4.74. The Morgan fingerprint density at radius 1 is 0.861 bits per heavy atom. The molecule has 2 aromatic heterocycles. The van der Waals surface area contributed by atoms with E-state index in [1.807, 2.05) is 0 Å². The molecular formula is C23H18F3N7O3. The number of halogens is 3. The summed E-state index contributed by atoms with van der Waals surface area (Å²) < 4.78 is 47.0. The molecule has 0 saturated carbocycles. The molecule has 184 valence electrons. The second-order valence-electron chi connectivity index (χ2n) is 7.23. The van der Waals surface area contributed by atoms with Gasteiger partial charge in [0.1, 0.15) is 0 Å². The molecule has 0 aliphatic carbocycles. The van der Waals surface area contributed by atoms with Crippen molar-refractivity contribution < 1.29 is 27.5 Å². The zero-order valence-electron chi connectivity index (χ0n) is 18.6. The summed E-state index contributed by atoms with van der Waals surface area (Å²) >= 11 is 0. The summed E-state index contributed by atoms with van der Waals surface area (Å²) in [5.41, 5.74) is -1.02. The van der Waals surface area contributed by atoms with Gasteiger partial charge in [-0.2, -0.15) is 18.3 Å². The minimum absolute atomic E-state index is 0.100. The van der Waals surface area contributed by atoms with Crippen molar-refractivity contribution in [3.8, 4) is 11.7 Å². The molecule has 0 unspecified atom stereocenters. The van der Waals surface area contributed by atoms with E-state index < -0.39 is 29.4 Å². The highest BCUT2D eigenvalue weighted by Crippen LogP contribution is 2.34. The number of methoxy groups -OCH3 is 1. The highest BCUT2D eigenvalue weighted by Gasteiger charge is 2.41. The Bertz CT molecular complexity index is 1370. The Balaban J connectivity index is 1.53. The number of rotatable bonds is 6. The highest BCUT2D eigenvalue weighted by molar-refractivity contribution is 6.06. The van der Waals surface area contributed by atoms with Gasteiger partial charge in [0.25, 0.3) is 5.91 Å². The number of urea groups is 1. The molecule has 0 bridgehead atoms. The van der Waals surface area contributed by atoms with Gasteiger partial charge in [-0.05, 0) is 36.4 Å². The van der Waals surface area contributed by atoms with Crippen molar-refractivity contribution in [1.29, 1.82) is 0 Å². The monoisotopic (exact) mass is 497 g/mol. The predicted molar refractivity (Wildman–Crippen MR) is 124 cm³/mol. The van der Waals surface area contributed by atoms with E-state index in [9.17, 15) is 22.8 Å². The molecule has 4 rings (SSSR count). The number of para-hydroxylation sites is 1. The van der Waals surface area contributed by atoms with E-state index in [2.05, 4.69) is 31.2 Å². The number of alkyl halides is 3. The fraction of sp³-hybridized carbons (Fsp3) is 0.0870. The van der Waals surface area contributed by atoms with Gasteiger partial charge in [-0.15, -0.1) is 10.2 Å². The van der Waals surface area contributed by atoms with Crippen LogP contribution in [0.2, 0.25) is 0 Å². The van der Waals surface area contributed by atoms with Crippen LogP contribution in [0.5, 0.6) is 5.88 Å². The van der Waals surface area contributed by atoms with E-state index in [0.717, 1.165) is 6.20 Å². The topological polar surface area (TPSA) is 123 Å². The number of hydrogen-bond donors (Lipinski definition) is 3. The quantitative estimate of drug-likeness (QED) is 0.358. The van der Waals surface area contributed by atoms with Crippen LogP contribution in [0.15, 0.2) is 72.9 Å². The minimum atomic E-state index is -4.93. The van der Waals surface area contributed by atoms with Crippen LogP contribution >= 0.6 is 0 Å². The van der Waals surface area contributed by atoms with Crippen molar-refractivity contribution in [3.63, 3.8) is 0 Å². The second-order valence-corrected chi connectivity index (χ2v) is 7.23. The Kier molecular flexibility index (Phi) is 6.81. The van der Waals surface area contributed by atoms with Gasteiger partial charge in [0.2, 0.25) is 5.88 Å². The van der Waals surface area contributed by atoms with E-state index in [0.29, 0.717) is 16.1 Å². The van der Waals surface area contributed by atoms with Gasteiger partial charge in [-0.25, -0.2) is 9.48 Å². The van der Waals surface area contributed by atoms with E-state index in [4.69, 9.17) is 4.74 Å². The molecule has 36 heavy (non-hydrogen) atoms. The molecular weight excluding hydrogens is 479 g/mol. The first-order valence-electron chi connectivity index (χ1n) is 10.3. The van der Waals surface area contributed by atoms with Gasteiger partial charge in [0.05, 0.1) is 18.9 Å². The predicted octanol–water partition coefficient (Wildman–Crippen LogP) is 4.59. The SMILES string of the molecule is COc1ccc(-n2ncc(C(=O)Nc3cccc(NC(=O)Nc4ccccc4)c3)c2C(F)(F)F)nn1. The first kappa shape index (κ1) is 24.2. The van der Waals surface area contributed by atoms with Gasteiger partial charge in [-0.3, -0.25) is 4.79 Å². The van der Waals surface area contributed by atoms with Gasteiger partial charge in [0.15, 0.2) is 11.5 Å². The Morgan fingerprint density at radius 2 is 1.53 bits per heavy atom. The number of aromatic nitrogens is 4. The van der Waals surface area contributed by atoms with E-state index in [-0.39, 0.29) is 17.4 Å². The van der Waals surface area contributed by atoms with Gasteiger partial charge >= 0.3 is 12.2 Å². The van der Waals surface area contributed by atoms with Crippen molar-refractivity contribution in [3.05, 3.63) is 84.2 Å². The Hall–Kier alpha value is -4.94. The van der Waals surface area contributed by atoms with E-state index in [1.54, 1.807) is 36.4 Å². The van der Waals surface area contributed by atoms with E-state index in [1.165, 1.54) is 37.4 Å².